The number of aryl methyl sites for hydroxylation is 2. The van der Waals surface area contributed by atoms with Crippen molar-refractivity contribution in [1.82, 2.24) is 9.78 Å². The summed E-state index contributed by atoms with van der Waals surface area (Å²) in [5, 5.41) is 8.72. The summed E-state index contributed by atoms with van der Waals surface area (Å²) in [5.41, 5.74) is 2.73. The van der Waals surface area contributed by atoms with Crippen molar-refractivity contribution in [3.8, 4) is 10.8 Å². The van der Waals surface area contributed by atoms with E-state index in [4.69, 9.17) is 4.42 Å². The molecule has 23 heavy (non-hydrogen) atoms. The second kappa shape index (κ2) is 6.21. The maximum atomic E-state index is 12.1. The van der Waals surface area contributed by atoms with Crippen LogP contribution in [0, 0.1) is 13.8 Å². The molecule has 3 aromatic rings. The van der Waals surface area contributed by atoms with Crippen molar-refractivity contribution in [2.75, 3.05) is 5.32 Å². The van der Waals surface area contributed by atoms with E-state index in [1.165, 1.54) is 11.3 Å². The van der Waals surface area contributed by atoms with Gasteiger partial charge >= 0.3 is 5.76 Å². The minimum absolute atomic E-state index is 0.193. The van der Waals surface area contributed by atoms with Gasteiger partial charge < -0.3 is 9.73 Å². The number of nitrogens with zero attached hydrogens (tertiary/aromatic N) is 2. The normalized spacial score (nSPS) is 10.7. The molecule has 6 nitrogen and oxygen atoms in total. The number of carbonyl (C=O) groups is 1. The Bertz CT molecular complexity index is 894. The van der Waals surface area contributed by atoms with Gasteiger partial charge in [0, 0.05) is 5.69 Å². The third kappa shape index (κ3) is 3.40. The molecule has 0 aliphatic carbocycles. The van der Waals surface area contributed by atoms with E-state index in [1.54, 1.807) is 6.07 Å². The fourth-order valence-electron chi connectivity index (χ4n) is 2.10. The number of hydrogen-bond donors (Lipinski definition) is 1. The summed E-state index contributed by atoms with van der Waals surface area (Å²) in [6.45, 7) is 3.66. The number of rotatable bonds is 4. The van der Waals surface area contributed by atoms with E-state index in [0.29, 0.717) is 0 Å². The quantitative estimate of drug-likeness (QED) is 0.798. The Labute approximate surface area is 136 Å². The third-order valence-corrected chi connectivity index (χ3v) is 4.16. The molecule has 2 aromatic heterocycles. The molecule has 118 valence electrons. The molecule has 0 fully saturated rings. The minimum atomic E-state index is -0.649. The Hall–Kier alpha value is -2.67. The van der Waals surface area contributed by atoms with E-state index < -0.39 is 5.76 Å². The van der Waals surface area contributed by atoms with Crippen LogP contribution in [0.2, 0.25) is 0 Å². The highest BCUT2D eigenvalue weighted by Crippen LogP contribution is 2.21. The van der Waals surface area contributed by atoms with Crippen LogP contribution >= 0.6 is 11.3 Å². The lowest BCUT2D eigenvalue weighted by atomic mass is 10.1. The van der Waals surface area contributed by atoms with Crippen LogP contribution < -0.4 is 11.1 Å². The number of anilines is 1. The lowest BCUT2D eigenvalue weighted by Gasteiger charge is -2.08. The van der Waals surface area contributed by atoms with E-state index >= 15 is 0 Å². The van der Waals surface area contributed by atoms with Gasteiger partial charge in [-0.3, -0.25) is 4.79 Å². The molecule has 2 heterocycles. The topological polar surface area (TPSA) is 77.1 Å². The summed E-state index contributed by atoms with van der Waals surface area (Å²) >= 11 is 1.41. The van der Waals surface area contributed by atoms with Gasteiger partial charge in [-0.15, -0.1) is 16.4 Å². The number of amides is 1. The van der Waals surface area contributed by atoms with Gasteiger partial charge in [-0.2, -0.15) is 4.68 Å². The summed E-state index contributed by atoms with van der Waals surface area (Å²) in [5.74, 6) is -0.749. The summed E-state index contributed by atoms with van der Waals surface area (Å²) in [6.07, 6.45) is 0. The monoisotopic (exact) mass is 329 g/mol. The first-order valence-corrected chi connectivity index (χ1v) is 7.90. The summed E-state index contributed by atoms with van der Waals surface area (Å²) in [4.78, 5) is 24.7. The van der Waals surface area contributed by atoms with E-state index in [-0.39, 0.29) is 18.3 Å². The number of nitrogens with one attached hydrogen (secondary N) is 1. The molecule has 0 unspecified atom stereocenters. The van der Waals surface area contributed by atoms with Crippen LogP contribution in [-0.2, 0) is 11.3 Å². The summed E-state index contributed by atoms with van der Waals surface area (Å²) < 4.78 is 6.10. The second-order valence-corrected chi connectivity index (χ2v) is 6.12. The Morgan fingerprint density at radius 1 is 1.35 bits per heavy atom. The first kappa shape index (κ1) is 15.2. The molecule has 1 N–H and O–H groups in total. The van der Waals surface area contributed by atoms with Crippen LogP contribution in [0.1, 0.15) is 11.1 Å². The lowest BCUT2D eigenvalue weighted by molar-refractivity contribution is -0.117. The summed E-state index contributed by atoms with van der Waals surface area (Å²) in [7, 11) is 0. The Balaban J connectivity index is 1.76. The molecule has 0 atom stereocenters. The number of hydrogen-bond acceptors (Lipinski definition) is 5. The van der Waals surface area contributed by atoms with Crippen molar-refractivity contribution < 1.29 is 9.21 Å². The van der Waals surface area contributed by atoms with Crippen molar-refractivity contribution >= 4 is 22.9 Å². The Morgan fingerprint density at radius 3 is 2.91 bits per heavy atom. The second-order valence-electron chi connectivity index (χ2n) is 5.17. The molecule has 0 saturated heterocycles. The van der Waals surface area contributed by atoms with Crippen LogP contribution in [-0.4, -0.2) is 15.7 Å². The van der Waals surface area contributed by atoms with Crippen molar-refractivity contribution in [2.24, 2.45) is 0 Å². The smallest absolute Gasteiger partial charge is 0.387 e. The molecule has 0 radical (unpaired) electrons. The SMILES string of the molecule is Cc1ccc(C)c(NC(=O)Cn2nc(-c3cccs3)oc2=O)c1. The van der Waals surface area contributed by atoms with Gasteiger partial charge in [-0.25, -0.2) is 4.79 Å². The number of benzene rings is 1. The van der Waals surface area contributed by atoms with Gasteiger partial charge in [0.05, 0.1) is 4.88 Å². The van der Waals surface area contributed by atoms with E-state index in [0.717, 1.165) is 26.4 Å². The van der Waals surface area contributed by atoms with Crippen molar-refractivity contribution in [3.05, 3.63) is 57.4 Å². The zero-order chi connectivity index (χ0) is 16.4. The third-order valence-electron chi connectivity index (χ3n) is 3.30. The average molecular weight is 329 g/mol. The van der Waals surface area contributed by atoms with Crippen LogP contribution in [0.3, 0.4) is 0 Å². The predicted molar refractivity (Wildman–Crippen MR) is 88.6 cm³/mol. The first-order chi connectivity index (χ1) is 11.0. The Morgan fingerprint density at radius 2 is 2.17 bits per heavy atom. The van der Waals surface area contributed by atoms with Gasteiger partial charge in [0.2, 0.25) is 5.91 Å². The molecule has 1 amide bonds. The largest absolute Gasteiger partial charge is 0.437 e. The molecule has 1 aromatic carbocycles. The first-order valence-electron chi connectivity index (χ1n) is 7.02. The number of aromatic nitrogens is 2. The highest BCUT2D eigenvalue weighted by atomic mass is 32.1. The maximum absolute atomic E-state index is 12.1. The lowest BCUT2D eigenvalue weighted by Crippen LogP contribution is -2.26. The van der Waals surface area contributed by atoms with Crippen LogP contribution in [0.4, 0.5) is 5.69 Å². The van der Waals surface area contributed by atoms with Crippen molar-refractivity contribution in [2.45, 2.75) is 20.4 Å². The molecule has 7 heteroatoms. The predicted octanol–water partition coefficient (Wildman–Crippen LogP) is 2.82. The zero-order valence-corrected chi connectivity index (χ0v) is 13.5. The van der Waals surface area contributed by atoms with Crippen molar-refractivity contribution in [1.29, 1.82) is 0 Å². The molecular weight excluding hydrogens is 314 g/mol. The standard InChI is InChI=1S/C16H15N3O3S/c1-10-5-6-11(2)12(8-10)17-14(20)9-19-16(21)22-15(18-19)13-4-3-7-23-13/h3-8H,9H2,1-2H3,(H,17,20). The minimum Gasteiger partial charge on any atom is -0.387 e. The van der Waals surface area contributed by atoms with Crippen LogP contribution in [0.25, 0.3) is 10.8 Å². The molecule has 0 saturated carbocycles. The number of carbonyl (C=O) groups excluding carboxylic acids is 1. The molecule has 3 rings (SSSR count). The van der Waals surface area contributed by atoms with Gasteiger partial charge in [0.25, 0.3) is 5.89 Å². The Kier molecular flexibility index (Phi) is 4.12. The maximum Gasteiger partial charge on any atom is 0.437 e. The fraction of sp³-hybridized carbons (Fsp3) is 0.188. The van der Waals surface area contributed by atoms with E-state index in [9.17, 15) is 9.59 Å². The molecule has 0 aliphatic rings. The molecule has 0 spiro atoms. The van der Waals surface area contributed by atoms with Crippen molar-refractivity contribution in [3.63, 3.8) is 0 Å². The molecule has 0 bridgehead atoms. The molecular formula is C16H15N3O3S. The van der Waals surface area contributed by atoms with Gasteiger partial charge in [0.1, 0.15) is 6.54 Å². The van der Waals surface area contributed by atoms with E-state index in [2.05, 4.69) is 10.4 Å². The van der Waals surface area contributed by atoms with Crippen LogP contribution in [0.15, 0.2) is 44.9 Å². The average Bonchev–Trinajstić information content (AvgIpc) is 3.13. The molecule has 0 aliphatic heterocycles. The van der Waals surface area contributed by atoms with E-state index in [1.807, 2.05) is 43.5 Å². The fourth-order valence-corrected chi connectivity index (χ4v) is 2.75. The van der Waals surface area contributed by atoms with Crippen LogP contribution in [0.5, 0.6) is 0 Å². The summed E-state index contributed by atoms with van der Waals surface area (Å²) in [6, 6.07) is 9.43. The number of thiophene rings is 1. The van der Waals surface area contributed by atoms with Gasteiger partial charge in [0.15, 0.2) is 0 Å². The van der Waals surface area contributed by atoms with Gasteiger partial charge in [-0.1, -0.05) is 18.2 Å². The highest BCUT2D eigenvalue weighted by molar-refractivity contribution is 7.13. The van der Waals surface area contributed by atoms with Gasteiger partial charge in [-0.05, 0) is 42.5 Å². The zero-order valence-electron chi connectivity index (χ0n) is 12.7. The highest BCUT2D eigenvalue weighted by Gasteiger charge is 2.14.